The molecule has 7 aromatic carbocycles. The molecule has 8 heteroatoms. The Kier molecular flexibility index (Phi) is 6.95. The molecule has 3 aliphatic heterocycles. The van der Waals surface area contributed by atoms with Crippen LogP contribution in [0.25, 0.3) is 27.5 Å². The van der Waals surface area contributed by atoms with Gasteiger partial charge in [-0.15, -0.1) is 0 Å². The molecular weight excluding hydrogens is 705 g/mol. The molecule has 0 N–H and O–H groups in total. The van der Waals surface area contributed by atoms with Gasteiger partial charge in [-0.25, -0.2) is 0 Å². The number of benzene rings is 7. The number of rotatable bonds is 5. The first-order valence-electron chi connectivity index (χ1n) is 19.3. The van der Waals surface area contributed by atoms with E-state index in [0.717, 1.165) is 97.7 Å². The van der Waals surface area contributed by atoms with E-state index in [2.05, 4.69) is 145 Å². The van der Waals surface area contributed by atoms with E-state index in [4.69, 9.17) is 9.47 Å². The van der Waals surface area contributed by atoms with Crippen molar-refractivity contribution in [2.24, 2.45) is 0 Å². The lowest BCUT2D eigenvalue weighted by Gasteiger charge is -2.41. The maximum absolute atomic E-state index is 6.39. The van der Waals surface area contributed by atoms with Crippen LogP contribution in [-0.4, -0.2) is 27.9 Å². The van der Waals surface area contributed by atoms with Crippen LogP contribution in [0.1, 0.15) is 11.5 Å². The highest BCUT2D eigenvalue weighted by Gasteiger charge is 2.30. The van der Waals surface area contributed by atoms with Crippen LogP contribution in [0.15, 0.2) is 176 Å². The molecule has 0 radical (unpaired) electrons. The summed E-state index contributed by atoms with van der Waals surface area (Å²) >= 11 is 0. The second-order valence-corrected chi connectivity index (χ2v) is 14.8. The number of aromatic nitrogens is 3. The fourth-order valence-electron chi connectivity index (χ4n) is 8.78. The third-order valence-corrected chi connectivity index (χ3v) is 11.5. The second-order valence-electron chi connectivity index (χ2n) is 14.8. The van der Waals surface area contributed by atoms with Crippen molar-refractivity contribution in [1.82, 2.24) is 14.8 Å². The van der Waals surface area contributed by atoms with Crippen LogP contribution in [0, 0.1) is 0 Å². The minimum atomic E-state index is 0.469. The van der Waals surface area contributed by atoms with Crippen LogP contribution >= 0.6 is 0 Å². The van der Waals surface area contributed by atoms with Crippen molar-refractivity contribution in [3.63, 3.8) is 0 Å². The molecule has 272 valence electrons. The van der Waals surface area contributed by atoms with Gasteiger partial charge in [0.15, 0.2) is 23.0 Å². The quantitative estimate of drug-likeness (QED) is 0.174. The van der Waals surface area contributed by atoms with Crippen LogP contribution in [0.2, 0.25) is 0 Å². The highest BCUT2D eigenvalue weighted by atomic mass is 16.5. The number of fused-ring (bicyclic) bond motifs is 7. The summed E-state index contributed by atoms with van der Waals surface area (Å²) in [6.07, 6.45) is 3.67. The fourth-order valence-corrected chi connectivity index (χ4v) is 8.78. The van der Waals surface area contributed by atoms with Gasteiger partial charge in [0.1, 0.15) is 0 Å². The summed E-state index contributed by atoms with van der Waals surface area (Å²) in [6.45, 7) is 1.93. The van der Waals surface area contributed by atoms with Gasteiger partial charge >= 0.3 is 0 Å². The molecule has 9 aromatic rings. The monoisotopic (exact) mass is 738 g/mol. The lowest BCUT2D eigenvalue weighted by molar-refractivity contribution is 0.477. The van der Waals surface area contributed by atoms with Crippen molar-refractivity contribution in [3.05, 3.63) is 182 Å². The molecule has 2 aromatic heterocycles. The van der Waals surface area contributed by atoms with E-state index in [-0.39, 0.29) is 0 Å². The van der Waals surface area contributed by atoms with Crippen molar-refractivity contribution < 1.29 is 9.47 Å². The Hall–Kier alpha value is -7.58. The maximum atomic E-state index is 6.39. The first-order chi connectivity index (χ1) is 28.2. The Bertz CT molecular complexity index is 2760. The van der Waals surface area contributed by atoms with Crippen molar-refractivity contribution in [1.29, 1.82) is 0 Å². The first-order valence-corrected chi connectivity index (χ1v) is 19.3. The maximum Gasteiger partial charge on any atom is 0.151 e. The minimum Gasteiger partial charge on any atom is -0.453 e. The number of ether oxygens (including phenoxy) is 2. The van der Waals surface area contributed by atoms with Gasteiger partial charge in [0, 0.05) is 58.7 Å². The number of hydrogen-bond donors (Lipinski definition) is 0. The molecule has 0 amide bonds. The predicted molar refractivity (Wildman–Crippen MR) is 227 cm³/mol. The average Bonchev–Trinajstić information content (AvgIpc) is 3.57. The predicted octanol–water partition coefficient (Wildman–Crippen LogP) is 12.3. The summed E-state index contributed by atoms with van der Waals surface area (Å²) in [5.41, 5.74) is 12.0. The zero-order valence-electron chi connectivity index (χ0n) is 30.7. The third-order valence-electron chi connectivity index (χ3n) is 11.5. The van der Waals surface area contributed by atoms with E-state index in [9.17, 15) is 0 Å². The van der Waals surface area contributed by atoms with Gasteiger partial charge in [0.25, 0.3) is 0 Å². The molecule has 12 rings (SSSR count). The summed E-state index contributed by atoms with van der Waals surface area (Å²) < 4.78 is 15.2. The van der Waals surface area contributed by atoms with E-state index in [0.29, 0.717) is 5.92 Å². The lowest BCUT2D eigenvalue weighted by Crippen LogP contribution is -2.45. The molecule has 57 heavy (non-hydrogen) atoms. The van der Waals surface area contributed by atoms with Crippen LogP contribution in [0.4, 0.5) is 39.8 Å². The van der Waals surface area contributed by atoms with Crippen LogP contribution in [-0.2, 0) is 0 Å². The molecular formula is C49H34N6O2. The van der Waals surface area contributed by atoms with Crippen molar-refractivity contribution >= 4 is 61.6 Å². The number of para-hydroxylation sites is 8. The fraction of sp³-hybridized carbons (Fsp3) is 0.0612. The van der Waals surface area contributed by atoms with Crippen LogP contribution in [0.5, 0.6) is 23.0 Å². The van der Waals surface area contributed by atoms with E-state index >= 15 is 0 Å². The molecule has 3 aliphatic rings. The zero-order chi connectivity index (χ0) is 37.5. The highest BCUT2D eigenvalue weighted by molar-refractivity contribution is 6.12. The highest BCUT2D eigenvalue weighted by Crippen LogP contribution is 2.53. The standard InChI is InChI=1S/C49H34N6O2/c1-5-13-46-42(9-1)54(43-10-2-6-14-47(43)56-46)36-21-23-40-38(27-36)39-28-37(55-44-11-3-7-15-48(44)57-49-16-8-4-12-45(49)55)22-24-41(39)53(40)35-19-17-34(18-20-35)52-30-33(31-52)32-25-26-50-51-29-32/h1-29,33H,30-31H2. The summed E-state index contributed by atoms with van der Waals surface area (Å²) in [5.74, 6) is 3.79. The van der Waals surface area contributed by atoms with Crippen LogP contribution in [0.3, 0.4) is 0 Å². The zero-order valence-corrected chi connectivity index (χ0v) is 30.7. The Balaban J connectivity index is 1.02. The molecule has 5 heterocycles. The topological polar surface area (TPSA) is 58.9 Å². The summed E-state index contributed by atoms with van der Waals surface area (Å²) in [5, 5.41) is 10.4. The van der Waals surface area contributed by atoms with Gasteiger partial charge in [-0.3, -0.25) is 0 Å². The SMILES string of the molecule is c1ccc2c(c1)Oc1ccccc1N2c1ccc2c(c1)c1cc(N3c4ccccc4Oc4ccccc43)ccc1n2-c1ccc(N2CC(c3ccnnc3)C2)cc1. The molecule has 0 unspecified atom stereocenters. The summed E-state index contributed by atoms with van der Waals surface area (Å²) in [4.78, 5) is 7.05. The van der Waals surface area contributed by atoms with Gasteiger partial charge in [-0.05, 0) is 121 Å². The van der Waals surface area contributed by atoms with Crippen molar-refractivity contribution in [2.75, 3.05) is 27.8 Å². The Morgan fingerprint density at radius 1 is 0.439 bits per heavy atom. The normalized spacial score (nSPS) is 14.3. The third kappa shape index (κ3) is 5.00. The lowest BCUT2D eigenvalue weighted by atomic mass is 9.92. The smallest absolute Gasteiger partial charge is 0.151 e. The largest absolute Gasteiger partial charge is 0.453 e. The Morgan fingerprint density at radius 2 is 0.877 bits per heavy atom. The Morgan fingerprint density at radius 3 is 1.33 bits per heavy atom. The number of anilines is 7. The average molecular weight is 739 g/mol. The van der Waals surface area contributed by atoms with E-state index < -0.39 is 0 Å². The summed E-state index contributed by atoms with van der Waals surface area (Å²) in [6, 6.07) is 57.7. The van der Waals surface area contributed by atoms with E-state index in [1.54, 1.807) is 6.20 Å². The molecule has 1 fully saturated rings. The van der Waals surface area contributed by atoms with Crippen molar-refractivity contribution in [2.45, 2.75) is 5.92 Å². The van der Waals surface area contributed by atoms with E-state index in [1.807, 2.05) is 54.7 Å². The molecule has 1 saturated heterocycles. The van der Waals surface area contributed by atoms with Crippen LogP contribution < -0.4 is 24.2 Å². The minimum absolute atomic E-state index is 0.469. The van der Waals surface area contributed by atoms with Gasteiger partial charge < -0.3 is 28.7 Å². The van der Waals surface area contributed by atoms with Gasteiger partial charge in [0.05, 0.1) is 40.0 Å². The Labute approximate surface area is 329 Å². The van der Waals surface area contributed by atoms with E-state index in [1.165, 1.54) is 11.3 Å². The van der Waals surface area contributed by atoms with Gasteiger partial charge in [-0.2, -0.15) is 10.2 Å². The van der Waals surface area contributed by atoms with Gasteiger partial charge in [0.2, 0.25) is 0 Å². The molecule has 0 bridgehead atoms. The molecule has 0 aliphatic carbocycles. The number of hydrogen-bond acceptors (Lipinski definition) is 7. The second kappa shape index (κ2) is 12.5. The van der Waals surface area contributed by atoms with Crippen molar-refractivity contribution in [3.8, 4) is 28.7 Å². The number of nitrogens with zero attached hydrogens (tertiary/aromatic N) is 6. The molecule has 0 atom stereocenters. The van der Waals surface area contributed by atoms with Gasteiger partial charge in [-0.1, -0.05) is 48.5 Å². The summed E-state index contributed by atoms with van der Waals surface area (Å²) in [7, 11) is 0. The molecule has 8 nitrogen and oxygen atoms in total. The molecule has 0 spiro atoms. The molecule has 0 saturated carbocycles. The first kappa shape index (κ1) is 31.7.